The Kier molecular flexibility index (Phi) is 4.67. The Morgan fingerprint density at radius 3 is 2.33 bits per heavy atom. The number of carbonyl (C=O) groups is 2. The van der Waals surface area contributed by atoms with E-state index in [0.29, 0.717) is 11.3 Å². The second-order valence-corrected chi connectivity index (χ2v) is 5.67. The molecule has 0 radical (unpaired) electrons. The highest BCUT2D eigenvalue weighted by atomic mass is 32.1. The van der Waals surface area contributed by atoms with E-state index in [-0.39, 0.29) is 5.69 Å². The van der Waals surface area contributed by atoms with E-state index < -0.39 is 11.9 Å². The van der Waals surface area contributed by atoms with Gasteiger partial charge < -0.3 is 9.47 Å². The minimum atomic E-state index is -0.542. The first kappa shape index (κ1) is 15.9. The molecule has 1 aromatic heterocycles. The summed E-state index contributed by atoms with van der Waals surface area (Å²) in [5.41, 5.74) is 1.58. The Bertz CT molecular complexity index is 856. The molecule has 6 heteroatoms. The predicted molar refractivity (Wildman–Crippen MR) is 90.3 cm³/mol. The maximum atomic E-state index is 12.2. The lowest BCUT2D eigenvalue weighted by Gasteiger charge is -2.03. The summed E-state index contributed by atoms with van der Waals surface area (Å²) < 4.78 is 9.89. The van der Waals surface area contributed by atoms with E-state index in [2.05, 4.69) is 9.72 Å². The Labute approximate surface area is 142 Å². The molecule has 0 aliphatic rings. The topological polar surface area (TPSA) is 65.5 Å². The predicted octanol–water partition coefficient (Wildman–Crippen LogP) is 3.82. The summed E-state index contributed by atoms with van der Waals surface area (Å²) in [4.78, 5) is 27.8. The van der Waals surface area contributed by atoms with Crippen molar-refractivity contribution in [2.75, 3.05) is 7.11 Å². The molecule has 3 aromatic rings. The number of aromatic nitrogens is 1. The van der Waals surface area contributed by atoms with Crippen LogP contribution in [0, 0.1) is 0 Å². The number of carbonyl (C=O) groups excluding carboxylic acids is 2. The smallest absolute Gasteiger partial charge is 0.363 e. The van der Waals surface area contributed by atoms with Gasteiger partial charge in [0.25, 0.3) is 0 Å². The van der Waals surface area contributed by atoms with Crippen LogP contribution in [-0.2, 0) is 4.74 Å². The summed E-state index contributed by atoms with van der Waals surface area (Å²) in [6, 6.07) is 15.7. The highest BCUT2D eigenvalue weighted by molar-refractivity contribution is 7.13. The molecule has 3 rings (SSSR count). The van der Waals surface area contributed by atoms with E-state index >= 15 is 0 Å². The third-order valence-electron chi connectivity index (χ3n) is 3.22. The van der Waals surface area contributed by atoms with Crippen LogP contribution in [0.4, 0.5) is 0 Å². The fourth-order valence-corrected chi connectivity index (χ4v) is 2.81. The van der Waals surface area contributed by atoms with Gasteiger partial charge >= 0.3 is 11.9 Å². The van der Waals surface area contributed by atoms with Crippen molar-refractivity contribution in [3.05, 3.63) is 71.2 Å². The van der Waals surface area contributed by atoms with Crippen molar-refractivity contribution in [3.8, 4) is 16.3 Å². The Hall–Kier alpha value is -2.99. The number of hydrogen-bond acceptors (Lipinski definition) is 6. The van der Waals surface area contributed by atoms with Crippen molar-refractivity contribution in [2.45, 2.75) is 0 Å². The van der Waals surface area contributed by atoms with Crippen LogP contribution in [0.3, 0.4) is 0 Å². The number of ether oxygens (including phenoxy) is 2. The van der Waals surface area contributed by atoms with E-state index in [1.54, 1.807) is 5.38 Å². The molecule has 0 atom stereocenters. The summed E-state index contributed by atoms with van der Waals surface area (Å²) in [7, 11) is 1.31. The standard InChI is InChI=1S/C18H13NO4S/c1-22-17(20)13-7-9-14(10-8-13)23-18(21)15-11-24-16(19-15)12-5-3-2-4-6-12/h2-11H,1H3. The minimum absolute atomic E-state index is 0.246. The second-order valence-electron chi connectivity index (χ2n) is 4.81. The molecule has 1 heterocycles. The van der Waals surface area contributed by atoms with Crippen molar-refractivity contribution in [2.24, 2.45) is 0 Å². The maximum Gasteiger partial charge on any atom is 0.363 e. The van der Waals surface area contributed by atoms with E-state index in [1.807, 2.05) is 30.3 Å². The van der Waals surface area contributed by atoms with Crippen LogP contribution < -0.4 is 4.74 Å². The summed E-state index contributed by atoms with van der Waals surface area (Å²) in [5.74, 6) is -0.652. The number of hydrogen-bond donors (Lipinski definition) is 0. The molecular formula is C18H13NO4S. The highest BCUT2D eigenvalue weighted by Crippen LogP contribution is 2.24. The Balaban J connectivity index is 1.71. The molecule has 0 spiro atoms. The molecule has 0 saturated carbocycles. The molecule has 5 nitrogen and oxygen atoms in total. The lowest BCUT2D eigenvalue weighted by molar-refractivity contribution is 0.0600. The van der Waals surface area contributed by atoms with Gasteiger partial charge in [-0.25, -0.2) is 14.6 Å². The molecule has 120 valence electrons. The van der Waals surface area contributed by atoms with Gasteiger partial charge in [0.2, 0.25) is 0 Å². The van der Waals surface area contributed by atoms with Gasteiger partial charge in [0.15, 0.2) is 5.69 Å². The quantitative estimate of drug-likeness (QED) is 0.534. The van der Waals surface area contributed by atoms with Gasteiger partial charge in [-0.3, -0.25) is 0 Å². The van der Waals surface area contributed by atoms with Gasteiger partial charge in [-0.2, -0.15) is 0 Å². The maximum absolute atomic E-state index is 12.2. The van der Waals surface area contributed by atoms with Crippen molar-refractivity contribution in [1.29, 1.82) is 0 Å². The molecule has 24 heavy (non-hydrogen) atoms. The van der Waals surface area contributed by atoms with Crippen LogP contribution in [0.2, 0.25) is 0 Å². The molecular weight excluding hydrogens is 326 g/mol. The molecule has 0 unspecified atom stereocenters. The van der Waals surface area contributed by atoms with Crippen LogP contribution >= 0.6 is 11.3 Å². The van der Waals surface area contributed by atoms with E-state index in [9.17, 15) is 9.59 Å². The molecule has 0 aliphatic carbocycles. The third-order valence-corrected chi connectivity index (χ3v) is 4.11. The molecule has 0 fully saturated rings. The van der Waals surface area contributed by atoms with E-state index in [4.69, 9.17) is 4.74 Å². The average Bonchev–Trinajstić information content (AvgIpc) is 3.13. The summed E-state index contributed by atoms with van der Waals surface area (Å²) in [6.45, 7) is 0. The monoisotopic (exact) mass is 339 g/mol. The summed E-state index contributed by atoms with van der Waals surface area (Å²) in [6.07, 6.45) is 0. The Morgan fingerprint density at radius 1 is 0.958 bits per heavy atom. The van der Waals surface area contributed by atoms with Crippen molar-refractivity contribution < 1.29 is 19.1 Å². The number of benzene rings is 2. The minimum Gasteiger partial charge on any atom is -0.465 e. The lowest BCUT2D eigenvalue weighted by Crippen LogP contribution is -2.09. The SMILES string of the molecule is COC(=O)c1ccc(OC(=O)c2csc(-c3ccccc3)n2)cc1. The third kappa shape index (κ3) is 3.49. The number of methoxy groups -OCH3 is 1. The van der Waals surface area contributed by atoms with Crippen LogP contribution in [0.5, 0.6) is 5.75 Å². The Morgan fingerprint density at radius 2 is 1.67 bits per heavy atom. The van der Waals surface area contributed by atoms with Gasteiger partial charge in [0, 0.05) is 10.9 Å². The fourth-order valence-electron chi connectivity index (χ4n) is 2.02. The molecule has 2 aromatic carbocycles. The number of thiazole rings is 1. The zero-order valence-electron chi connectivity index (χ0n) is 12.8. The van der Waals surface area contributed by atoms with Crippen molar-refractivity contribution in [3.63, 3.8) is 0 Å². The van der Waals surface area contributed by atoms with Crippen LogP contribution in [0.15, 0.2) is 60.0 Å². The largest absolute Gasteiger partial charge is 0.465 e. The summed E-state index contributed by atoms with van der Waals surface area (Å²) >= 11 is 1.38. The number of rotatable bonds is 4. The molecule has 0 N–H and O–H groups in total. The first-order valence-corrected chi connectivity index (χ1v) is 7.97. The van der Waals surface area contributed by atoms with E-state index in [1.165, 1.54) is 42.7 Å². The zero-order valence-corrected chi connectivity index (χ0v) is 13.6. The average molecular weight is 339 g/mol. The second kappa shape index (κ2) is 7.06. The molecule has 0 amide bonds. The highest BCUT2D eigenvalue weighted by Gasteiger charge is 2.14. The van der Waals surface area contributed by atoms with Crippen LogP contribution in [0.1, 0.15) is 20.8 Å². The van der Waals surface area contributed by atoms with Gasteiger partial charge in [0.05, 0.1) is 12.7 Å². The molecule has 0 saturated heterocycles. The molecule has 0 bridgehead atoms. The zero-order chi connectivity index (χ0) is 16.9. The van der Waals surface area contributed by atoms with Gasteiger partial charge in [-0.15, -0.1) is 11.3 Å². The van der Waals surface area contributed by atoms with Gasteiger partial charge in [0.1, 0.15) is 10.8 Å². The van der Waals surface area contributed by atoms with Crippen LogP contribution in [0.25, 0.3) is 10.6 Å². The number of nitrogens with zero attached hydrogens (tertiary/aromatic N) is 1. The normalized spacial score (nSPS) is 10.2. The number of esters is 2. The first-order chi connectivity index (χ1) is 11.7. The first-order valence-electron chi connectivity index (χ1n) is 7.09. The van der Waals surface area contributed by atoms with Crippen molar-refractivity contribution >= 4 is 23.3 Å². The van der Waals surface area contributed by atoms with Gasteiger partial charge in [-0.05, 0) is 24.3 Å². The molecule has 0 aliphatic heterocycles. The van der Waals surface area contributed by atoms with Gasteiger partial charge in [-0.1, -0.05) is 30.3 Å². The lowest BCUT2D eigenvalue weighted by atomic mass is 10.2. The van der Waals surface area contributed by atoms with Crippen molar-refractivity contribution in [1.82, 2.24) is 4.98 Å². The van der Waals surface area contributed by atoms with Crippen LogP contribution in [-0.4, -0.2) is 24.0 Å². The fraction of sp³-hybridized carbons (Fsp3) is 0.0556. The summed E-state index contributed by atoms with van der Waals surface area (Å²) in [5, 5.41) is 2.41. The van der Waals surface area contributed by atoms with E-state index in [0.717, 1.165) is 10.6 Å².